The summed E-state index contributed by atoms with van der Waals surface area (Å²) in [5.41, 5.74) is 0. The number of carbonyl (C=O) groups is 1. The van der Waals surface area contributed by atoms with Crippen molar-refractivity contribution >= 4 is 26.8 Å². The monoisotopic (exact) mass is 462 g/mol. The van der Waals surface area contributed by atoms with Crippen molar-refractivity contribution in [2.75, 3.05) is 0 Å². The van der Waals surface area contributed by atoms with E-state index in [1.807, 2.05) is 0 Å². The third-order valence-corrected chi connectivity index (χ3v) is 5.54. The predicted molar refractivity (Wildman–Crippen MR) is 111 cm³/mol. The van der Waals surface area contributed by atoms with Crippen LogP contribution in [0, 0.1) is 0 Å². The van der Waals surface area contributed by atoms with Crippen molar-refractivity contribution in [2.45, 2.75) is 110 Å². The molecule has 29 heavy (non-hydrogen) atoms. The first-order valence-corrected chi connectivity index (χ1v) is 13.1. The van der Waals surface area contributed by atoms with Gasteiger partial charge in [-0.05, 0) is 6.42 Å². The van der Waals surface area contributed by atoms with Crippen LogP contribution in [-0.2, 0) is 29.2 Å². The van der Waals surface area contributed by atoms with E-state index in [1.54, 1.807) is 0 Å². The molecule has 0 bridgehead atoms. The Kier molecular flexibility index (Phi) is 20.2. The molecule has 0 atom stereocenters. The van der Waals surface area contributed by atoms with Gasteiger partial charge in [0.25, 0.3) is 0 Å². The molecule has 0 aromatic carbocycles. The lowest BCUT2D eigenvalue weighted by atomic mass is 10.0. The normalized spacial score (nSPS) is 11.7. The Bertz CT molecular complexity index is 556. The molecule has 3 N–H and O–H groups in total. The van der Waals surface area contributed by atoms with Crippen LogP contribution in [0.15, 0.2) is 0 Å². The number of carboxylic acids is 1. The minimum atomic E-state index is -5.12. The highest BCUT2D eigenvalue weighted by molar-refractivity contribution is 7.94. The maximum absolute atomic E-state index is 10.3. The van der Waals surface area contributed by atoms with Crippen molar-refractivity contribution in [1.82, 2.24) is 0 Å². The second-order valence-electron chi connectivity index (χ2n) is 7.02. The van der Waals surface area contributed by atoms with Crippen molar-refractivity contribution in [1.29, 1.82) is 0 Å². The first-order chi connectivity index (χ1) is 13.5. The Labute approximate surface area is 176 Å². The Morgan fingerprint density at radius 1 is 0.621 bits per heavy atom. The van der Waals surface area contributed by atoms with Crippen LogP contribution in [0.4, 0.5) is 0 Å². The summed E-state index contributed by atoms with van der Waals surface area (Å²) in [6, 6.07) is 0. The summed E-state index contributed by atoms with van der Waals surface area (Å²) in [6.07, 6.45) is 20.2. The molecule has 0 aliphatic heterocycles. The van der Waals surface area contributed by atoms with Gasteiger partial charge in [-0.3, -0.25) is 13.9 Å². The molecule has 0 aliphatic rings. The van der Waals surface area contributed by atoms with Gasteiger partial charge in [-0.25, -0.2) is 0 Å². The van der Waals surface area contributed by atoms with Gasteiger partial charge >= 0.3 is 26.8 Å². The van der Waals surface area contributed by atoms with Crippen molar-refractivity contribution in [3.05, 3.63) is 0 Å². The van der Waals surface area contributed by atoms with E-state index in [1.165, 1.54) is 83.5 Å². The van der Waals surface area contributed by atoms with Crippen molar-refractivity contribution in [3.8, 4) is 0 Å². The van der Waals surface area contributed by atoms with E-state index >= 15 is 0 Å². The van der Waals surface area contributed by atoms with Crippen molar-refractivity contribution in [2.24, 2.45) is 0 Å². The molecule has 0 amide bonds. The number of rotatable bonds is 18. The summed E-state index contributed by atoms with van der Waals surface area (Å²) in [7, 11) is -10.2. The lowest BCUT2D eigenvalue weighted by molar-refractivity contribution is -0.137. The molecule has 176 valence electrons. The molecule has 0 heterocycles. The Balaban J connectivity index is 0. The SMILES string of the molecule is CCCCCCCCCCCCCCCCCC(=O)O.O=S(=O)(O)OS(=O)(=O)O. The van der Waals surface area contributed by atoms with Crippen LogP contribution in [0.5, 0.6) is 0 Å². The van der Waals surface area contributed by atoms with Crippen LogP contribution in [0.3, 0.4) is 0 Å². The van der Waals surface area contributed by atoms with Gasteiger partial charge in [-0.15, -0.1) is 3.63 Å². The highest BCUT2D eigenvalue weighted by atomic mass is 32.3. The van der Waals surface area contributed by atoms with Crippen LogP contribution < -0.4 is 0 Å². The molecule has 0 saturated heterocycles. The van der Waals surface area contributed by atoms with Crippen LogP contribution in [0.2, 0.25) is 0 Å². The molecule has 0 radical (unpaired) electrons. The Morgan fingerprint density at radius 3 is 1.10 bits per heavy atom. The molecule has 0 saturated carbocycles. The fourth-order valence-corrected chi connectivity index (χ4v) is 3.63. The third kappa shape index (κ3) is 35.1. The maximum Gasteiger partial charge on any atom is 0.413 e. The summed E-state index contributed by atoms with van der Waals surface area (Å²) < 4.78 is 55.6. The van der Waals surface area contributed by atoms with E-state index in [0.717, 1.165) is 12.8 Å². The first kappa shape index (κ1) is 30.4. The molecular formula is C18H38O9S2. The van der Waals surface area contributed by atoms with Gasteiger partial charge in [0.15, 0.2) is 0 Å². The number of unbranched alkanes of at least 4 members (excludes halogenated alkanes) is 14. The standard InChI is InChI=1S/C18H36O2.H2O7S2/c1-2-3-4-5-6-7-8-9-10-11-12-13-14-15-16-17-18(19)20;1-8(2,3)7-9(4,5)6/h2-17H2,1H3,(H,19,20);(H,1,2,3)(H,4,5,6). The van der Waals surface area contributed by atoms with Crippen LogP contribution in [-0.4, -0.2) is 37.0 Å². The van der Waals surface area contributed by atoms with Crippen LogP contribution >= 0.6 is 0 Å². The minimum absolute atomic E-state index is 0.345. The second kappa shape index (κ2) is 19.2. The van der Waals surface area contributed by atoms with Crippen molar-refractivity contribution in [3.63, 3.8) is 0 Å². The lowest BCUT2D eigenvalue weighted by Gasteiger charge is -2.03. The number of hydrogen-bond donors (Lipinski definition) is 3. The molecule has 0 aromatic rings. The molecule has 0 aromatic heterocycles. The summed E-state index contributed by atoms with van der Waals surface area (Å²) in [6.45, 7) is 2.27. The van der Waals surface area contributed by atoms with E-state index in [0.29, 0.717) is 6.42 Å². The predicted octanol–water partition coefficient (Wildman–Crippen LogP) is 4.94. The molecule has 0 rings (SSSR count). The Hall–Kier alpha value is -0.750. The summed E-state index contributed by atoms with van der Waals surface area (Å²) >= 11 is 0. The molecule has 0 aliphatic carbocycles. The lowest BCUT2D eigenvalue weighted by Crippen LogP contribution is -2.10. The van der Waals surface area contributed by atoms with Gasteiger partial charge in [0, 0.05) is 6.42 Å². The van der Waals surface area contributed by atoms with E-state index in [-0.39, 0.29) is 0 Å². The molecule has 0 spiro atoms. The zero-order valence-electron chi connectivity index (χ0n) is 17.4. The van der Waals surface area contributed by atoms with E-state index < -0.39 is 26.8 Å². The van der Waals surface area contributed by atoms with Gasteiger partial charge in [-0.2, -0.15) is 16.8 Å². The summed E-state index contributed by atoms with van der Waals surface area (Å²) in [5, 5.41) is 8.52. The molecule has 0 unspecified atom stereocenters. The molecule has 9 nitrogen and oxygen atoms in total. The van der Waals surface area contributed by atoms with Crippen molar-refractivity contribution < 1.29 is 39.5 Å². The summed E-state index contributed by atoms with van der Waals surface area (Å²) in [5.74, 6) is -0.653. The van der Waals surface area contributed by atoms with Crippen LogP contribution in [0.25, 0.3) is 0 Å². The van der Waals surface area contributed by atoms with Gasteiger partial charge in [0.05, 0.1) is 0 Å². The molecule has 11 heteroatoms. The fraction of sp³-hybridized carbons (Fsp3) is 0.944. The second-order valence-corrected chi connectivity index (χ2v) is 9.27. The minimum Gasteiger partial charge on any atom is -0.481 e. The fourth-order valence-electron chi connectivity index (χ4n) is 2.76. The Morgan fingerprint density at radius 2 is 0.897 bits per heavy atom. The number of carboxylic acid groups (broad SMARTS) is 1. The van der Waals surface area contributed by atoms with E-state index in [4.69, 9.17) is 14.2 Å². The zero-order valence-corrected chi connectivity index (χ0v) is 19.1. The largest absolute Gasteiger partial charge is 0.481 e. The van der Waals surface area contributed by atoms with Gasteiger partial charge in [0.2, 0.25) is 0 Å². The quantitative estimate of drug-likeness (QED) is 0.189. The van der Waals surface area contributed by atoms with Gasteiger partial charge in [0.1, 0.15) is 0 Å². The topological polar surface area (TPSA) is 155 Å². The van der Waals surface area contributed by atoms with Crippen LogP contribution in [0.1, 0.15) is 110 Å². The van der Waals surface area contributed by atoms with Gasteiger partial charge < -0.3 is 5.11 Å². The zero-order chi connectivity index (χ0) is 22.6. The smallest absolute Gasteiger partial charge is 0.413 e. The first-order valence-electron chi connectivity index (χ1n) is 10.4. The average molecular weight is 463 g/mol. The number of aliphatic carboxylic acids is 1. The maximum atomic E-state index is 10.3. The molecular weight excluding hydrogens is 424 g/mol. The average Bonchev–Trinajstić information content (AvgIpc) is 2.55. The van der Waals surface area contributed by atoms with E-state index in [2.05, 4.69) is 10.6 Å². The highest BCUT2D eigenvalue weighted by Gasteiger charge is 2.15. The third-order valence-electron chi connectivity index (χ3n) is 4.17. The van der Waals surface area contributed by atoms with E-state index in [9.17, 15) is 21.6 Å². The summed E-state index contributed by atoms with van der Waals surface area (Å²) in [4.78, 5) is 10.3. The van der Waals surface area contributed by atoms with Gasteiger partial charge in [-0.1, -0.05) is 96.8 Å². The molecule has 0 fully saturated rings. The number of hydrogen-bond acceptors (Lipinski definition) is 6. The highest BCUT2D eigenvalue weighted by Crippen LogP contribution is 2.13.